The van der Waals surface area contributed by atoms with Gasteiger partial charge in [0.25, 0.3) is 5.56 Å². The van der Waals surface area contributed by atoms with Crippen molar-refractivity contribution in [3.8, 4) is 11.1 Å². The van der Waals surface area contributed by atoms with Crippen LogP contribution in [0.25, 0.3) is 22.2 Å². The highest BCUT2D eigenvalue weighted by molar-refractivity contribution is 7.98. The molecule has 31 heavy (non-hydrogen) atoms. The third-order valence-corrected chi connectivity index (χ3v) is 6.60. The maximum absolute atomic E-state index is 13.6. The van der Waals surface area contributed by atoms with Crippen molar-refractivity contribution in [2.24, 2.45) is 13.0 Å². The van der Waals surface area contributed by atoms with Gasteiger partial charge < -0.3 is 4.57 Å². The fourth-order valence-corrected chi connectivity index (χ4v) is 4.82. The van der Waals surface area contributed by atoms with Crippen molar-refractivity contribution in [2.45, 2.75) is 37.7 Å². The van der Waals surface area contributed by atoms with E-state index in [4.69, 9.17) is 16.6 Å². The maximum Gasteiger partial charge on any atom is 0.278 e. The van der Waals surface area contributed by atoms with Gasteiger partial charge in [0.05, 0.1) is 0 Å². The van der Waals surface area contributed by atoms with Crippen LogP contribution in [0.3, 0.4) is 0 Å². The number of benzene rings is 2. The molecule has 4 rings (SSSR count). The number of fused-ring (bicyclic) bond motifs is 1. The highest BCUT2D eigenvalue weighted by Gasteiger charge is 2.19. The molecule has 0 N–H and O–H groups in total. The van der Waals surface area contributed by atoms with Crippen LogP contribution in [0.2, 0.25) is 5.02 Å². The van der Waals surface area contributed by atoms with Gasteiger partial charge in [-0.1, -0.05) is 79.7 Å². The molecule has 0 amide bonds. The summed E-state index contributed by atoms with van der Waals surface area (Å²) in [5.41, 5.74) is 4.58. The summed E-state index contributed by atoms with van der Waals surface area (Å²) in [6.45, 7) is 5.00. The van der Waals surface area contributed by atoms with Gasteiger partial charge in [0, 0.05) is 36.1 Å². The first-order valence-corrected chi connectivity index (χ1v) is 11.8. The molecule has 2 heterocycles. The number of nitrogens with zero attached hydrogens (tertiary/aromatic N) is 3. The van der Waals surface area contributed by atoms with Gasteiger partial charge in [-0.25, -0.2) is 4.98 Å². The summed E-state index contributed by atoms with van der Waals surface area (Å²) in [7, 11) is 1.92. The number of thioether (sulfide) groups is 1. The van der Waals surface area contributed by atoms with Crippen molar-refractivity contribution < 1.29 is 0 Å². The fraction of sp³-hybridized carbons (Fsp3) is 0.280. The molecule has 0 fully saturated rings. The summed E-state index contributed by atoms with van der Waals surface area (Å²) in [6, 6.07) is 17.9. The predicted octanol–water partition coefficient (Wildman–Crippen LogP) is 6.39. The molecule has 0 radical (unpaired) electrons. The van der Waals surface area contributed by atoms with E-state index in [-0.39, 0.29) is 5.56 Å². The monoisotopic (exact) mass is 451 g/mol. The molecule has 2 aromatic heterocycles. The molecule has 6 heteroatoms. The lowest BCUT2D eigenvalue weighted by atomic mass is 10.1. The van der Waals surface area contributed by atoms with Crippen LogP contribution in [0.5, 0.6) is 0 Å². The van der Waals surface area contributed by atoms with E-state index >= 15 is 0 Å². The van der Waals surface area contributed by atoms with Crippen LogP contribution in [0.1, 0.15) is 25.8 Å². The molecule has 0 spiro atoms. The zero-order valence-electron chi connectivity index (χ0n) is 18.0. The Morgan fingerprint density at radius 2 is 1.87 bits per heavy atom. The molecule has 0 unspecified atom stereocenters. The van der Waals surface area contributed by atoms with Crippen LogP contribution in [-0.4, -0.2) is 14.1 Å². The minimum absolute atomic E-state index is 0.0175. The average molecular weight is 452 g/mol. The highest BCUT2D eigenvalue weighted by Crippen LogP contribution is 2.30. The van der Waals surface area contributed by atoms with Crippen LogP contribution in [-0.2, 0) is 19.3 Å². The lowest BCUT2D eigenvalue weighted by molar-refractivity contribution is 0.480. The molecule has 0 saturated carbocycles. The zero-order chi connectivity index (χ0) is 22.0. The van der Waals surface area contributed by atoms with E-state index in [1.54, 1.807) is 11.8 Å². The van der Waals surface area contributed by atoms with E-state index in [0.717, 1.165) is 33.8 Å². The van der Waals surface area contributed by atoms with E-state index in [9.17, 15) is 4.79 Å². The second-order valence-corrected chi connectivity index (χ2v) is 9.55. The average Bonchev–Trinajstić information content (AvgIpc) is 3.08. The molecule has 4 aromatic rings. The summed E-state index contributed by atoms with van der Waals surface area (Å²) in [6.07, 6.45) is 2.93. The molecule has 4 nitrogen and oxygen atoms in total. The minimum atomic E-state index is 0.0175. The number of hydrogen-bond acceptors (Lipinski definition) is 3. The van der Waals surface area contributed by atoms with Crippen molar-refractivity contribution in [3.05, 3.63) is 81.7 Å². The Kier molecular flexibility index (Phi) is 6.54. The summed E-state index contributed by atoms with van der Waals surface area (Å²) in [4.78, 5) is 18.6. The largest absolute Gasteiger partial charge is 0.344 e. The summed E-state index contributed by atoms with van der Waals surface area (Å²) < 4.78 is 3.75. The van der Waals surface area contributed by atoms with Crippen molar-refractivity contribution in [2.75, 3.05) is 0 Å². The number of aryl methyl sites for hydroxylation is 1. The highest BCUT2D eigenvalue weighted by atomic mass is 35.5. The van der Waals surface area contributed by atoms with Gasteiger partial charge in [-0.2, -0.15) is 0 Å². The van der Waals surface area contributed by atoms with E-state index in [0.29, 0.717) is 28.8 Å². The van der Waals surface area contributed by atoms with Crippen molar-refractivity contribution in [3.63, 3.8) is 0 Å². The Morgan fingerprint density at radius 1 is 1.10 bits per heavy atom. The van der Waals surface area contributed by atoms with Gasteiger partial charge in [-0.3, -0.25) is 9.36 Å². The maximum atomic E-state index is 13.6. The molecule has 0 saturated heterocycles. The van der Waals surface area contributed by atoms with Gasteiger partial charge in [0.2, 0.25) is 0 Å². The summed E-state index contributed by atoms with van der Waals surface area (Å²) in [5.74, 6) is 1.20. The molecule has 0 bridgehead atoms. The molecule has 160 valence electrons. The Bertz CT molecular complexity index is 1260. The fourth-order valence-electron chi connectivity index (χ4n) is 3.65. The summed E-state index contributed by atoms with van der Waals surface area (Å²) in [5, 5.41) is 1.47. The predicted molar refractivity (Wildman–Crippen MR) is 131 cm³/mol. The lowest BCUT2D eigenvalue weighted by Gasteiger charge is -2.14. The second kappa shape index (κ2) is 9.33. The Labute approximate surface area is 191 Å². The van der Waals surface area contributed by atoms with Crippen LogP contribution in [0, 0.1) is 5.92 Å². The number of aromatic nitrogens is 3. The topological polar surface area (TPSA) is 39.8 Å². The smallest absolute Gasteiger partial charge is 0.278 e. The van der Waals surface area contributed by atoms with E-state index in [1.165, 1.54) is 0 Å². The minimum Gasteiger partial charge on any atom is -0.344 e. The van der Waals surface area contributed by atoms with Gasteiger partial charge in [-0.15, -0.1) is 0 Å². The van der Waals surface area contributed by atoms with E-state index in [2.05, 4.69) is 26.0 Å². The molecular formula is C25H26ClN3OS. The van der Waals surface area contributed by atoms with Gasteiger partial charge in [0.15, 0.2) is 5.16 Å². The molecule has 2 aromatic carbocycles. The lowest BCUT2D eigenvalue weighted by Crippen LogP contribution is -2.25. The first kappa shape index (κ1) is 21.7. The standard InChI is InChI=1S/C25H26ClN3OS/c1-17(2)12-13-29-24(30)23-22(21(15-28(23)3)19-9-5-4-6-10-19)27-25(29)31-16-18-8-7-11-20(26)14-18/h4-11,14-15,17H,12-13,16H2,1-3H3. The van der Waals surface area contributed by atoms with Crippen molar-refractivity contribution in [1.29, 1.82) is 0 Å². The Morgan fingerprint density at radius 3 is 2.58 bits per heavy atom. The van der Waals surface area contributed by atoms with Crippen molar-refractivity contribution in [1.82, 2.24) is 14.1 Å². The van der Waals surface area contributed by atoms with Crippen LogP contribution >= 0.6 is 23.4 Å². The second-order valence-electron chi connectivity index (χ2n) is 8.17. The van der Waals surface area contributed by atoms with Crippen LogP contribution in [0.15, 0.2) is 70.7 Å². The van der Waals surface area contributed by atoms with E-state index in [1.807, 2.05) is 64.8 Å². The quantitative estimate of drug-likeness (QED) is 0.241. The van der Waals surface area contributed by atoms with Gasteiger partial charge in [-0.05, 0) is 35.6 Å². The third kappa shape index (κ3) is 4.73. The van der Waals surface area contributed by atoms with E-state index < -0.39 is 0 Å². The molecule has 0 atom stereocenters. The van der Waals surface area contributed by atoms with Gasteiger partial charge >= 0.3 is 0 Å². The first-order valence-electron chi connectivity index (χ1n) is 10.5. The normalized spacial score (nSPS) is 11.5. The van der Waals surface area contributed by atoms with Crippen molar-refractivity contribution >= 4 is 34.4 Å². The number of halogens is 1. The Balaban J connectivity index is 1.82. The summed E-state index contributed by atoms with van der Waals surface area (Å²) >= 11 is 7.74. The Hall–Kier alpha value is -2.50. The molecule has 0 aliphatic carbocycles. The number of hydrogen-bond donors (Lipinski definition) is 0. The van der Waals surface area contributed by atoms with Gasteiger partial charge in [0.1, 0.15) is 11.0 Å². The molecule has 0 aliphatic heterocycles. The third-order valence-electron chi connectivity index (χ3n) is 5.31. The zero-order valence-corrected chi connectivity index (χ0v) is 19.6. The molecule has 0 aliphatic rings. The first-order chi connectivity index (χ1) is 14.9. The number of rotatable bonds is 7. The van der Waals surface area contributed by atoms with Crippen LogP contribution in [0.4, 0.5) is 0 Å². The van der Waals surface area contributed by atoms with Crippen LogP contribution < -0.4 is 5.56 Å². The SMILES string of the molecule is CC(C)CCn1c(SCc2cccc(Cl)c2)nc2c(-c3ccccc3)cn(C)c2c1=O. The molecular weight excluding hydrogens is 426 g/mol.